The summed E-state index contributed by atoms with van der Waals surface area (Å²) in [5, 5.41) is 4.52. The number of piperazine rings is 1. The van der Waals surface area contributed by atoms with E-state index in [1.165, 1.54) is 11.3 Å². The molecule has 4 rings (SSSR count). The number of sulfonamides is 1. The summed E-state index contributed by atoms with van der Waals surface area (Å²) < 4.78 is 32.4. The summed E-state index contributed by atoms with van der Waals surface area (Å²) in [6.45, 7) is 2.75. The highest BCUT2D eigenvalue weighted by molar-refractivity contribution is 9.11. The van der Waals surface area contributed by atoms with Crippen LogP contribution in [0.3, 0.4) is 0 Å². The van der Waals surface area contributed by atoms with E-state index in [-0.39, 0.29) is 0 Å². The fraction of sp³-hybridized carbons (Fsp3) is 0.333. The van der Waals surface area contributed by atoms with Gasteiger partial charge >= 0.3 is 0 Å². The average molecular weight is 474 g/mol. The Morgan fingerprint density at radius 2 is 1.92 bits per heavy atom. The van der Waals surface area contributed by atoms with Gasteiger partial charge in [-0.3, -0.25) is 9.30 Å². The van der Waals surface area contributed by atoms with Crippen LogP contribution in [-0.2, 0) is 16.7 Å². The van der Waals surface area contributed by atoms with Crippen LogP contribution in [0.4, 0.5) is 0 Å². The second-order valence-electron chi connectivity index (χ2n) is 5.93. The van der Waals surface area contributed by atoms with Gasteiger partial charge in [-0.15, -0.1) is 11.3 Å². The van der Waals surface area contributed by atoms with Gasteiger partial charge in [-0.1, -0.05) is 6.07 Å². The average Bonchev–Trinajstić information content (AvgIpc) is 3.21. The van der Waals surface area contributed by atoms with Crippen molar-refractivity contribution in [1.29, 1.82) is 0 Å². The molecule has 0 atom stereocenters. The lowest BCUT2D eigenvalue weighted by molar-refractivity contribution is 0.145. The molecule has 3 aromatic rings. The first-order valence-electron chi connectivity index (χ1n) is 7.97. The SMILES string of the molecule is O=S(=O)(c1ccc(Br)s1)N1CCN(Cn2nc3ccccn3c2=S)CC1. The largest absolute Gasteiger partial charge is 0.282 e. The maximum Gasteiger partial charge on any atom is 0.252 e. The normalized spacial score (nSPS) is 17.1. The number of hydrogen-bond acceptors (Lipinski definition) is 6. The quantitative estimate of drug-likeness (QED) is 0.545. The lowest BCUT2D eigenvalue weighted by Crippen LogP contribution is -2.48. The van der Waals surface area contributed by atoms with Gasteiger partial charge in [0.15, 0.2) is 5.65 Å². The summed E-state index contributed by atoms with van der Waals surface area (Å²) in [5.41, 5.74) is 0.807. The van der Waals surface area contributed by atoms with Gasteiger partial charge in [0.2, 0.25) is 4.77 Å². The van der Waals surface area contributed by atoms with Crippen molar-refractivity contribution in [3.63, 3.8) is 0 Å². The maximum absolute atomic E-state index is 12.7. The first kappa shape index (κ1) is 18.3. The Morgan fingerprint density at radius 3 is 2.58 bits per heavy atom. The third kappa shape index (κ3) is 3.39. The Morgan fingerprint density at radius 1 is 1.15 bits per heavy atom. The molecule has 11 heteroatoms. The van der Waals surface area contributed by atoms with Gasteiger partial charge in [0, 0.05) is 32.4 Å². The number of halogens is 1. The van der Waals surface area contributed by atoms with Gasteiger partial charge in [-0.05, 0) is 52.4 Å². The van der Waals surface area contributed by atoms with E-state index in [9.17, 15) is 8.42 Å². The third-order valence-corrected chi connectivity index (χ3v) is 8.69. The van der Waals surface area contributed by atoms with Crippen LogP contribution in [0.5, 0.6) is 0 Å². The van der Waals surface area contributed by atoms with Crippen LogP contribution < -0.4 is 0 Å². The Bertz CT molecular complexity index is 1100. The van der Waals surface area contributed by atoms with Crippen molar-refractivity contribution in [2.24, 2.45) is 0 Å². The maximum atomic E-state index is 12.7. The van der Waals surface area contributed by atoms with Gasteiger partial charge in [-0.25, -0.2) is 13.1 Å². The zero-order valence-electron chi connectivity index (χ0n) is 13.7. The topological polar surface area (TPSA) is 62.9 Å². The van der Waals surface area contributed by atoms with Crippen LogP contribution in [0.1, 0.15) is 0 Å². The molecule has 0 spiro atoms. The molecule has 0 amide bonds. The lowest BCUT2D eigenvalue weighted by atomic mass is 10.4. The predicted molar refractivity (Wildman–Crippen MR) is 106 cm³/mol. The van der Waals surface area contributed by atoms with Crippen LogP contribution in [0.25, 0.3) is 5.65 Å². The Balaban J connectivity index is 1.45. The van der Waals surface area contributed by atoms with Crippen molar-refractivity contribution in [1.82, 2.24) is 23.4 Å². The van der Waals surface area contributed by atoms with Gasteiger partial charge in [0.1, 0.15) is 4.21 Å². The first-order valence-corrected chi connectivity index (χ1v) is 11.4. The van der Waals surface area contributed by atoms with Gasteiger partial charge in [0.25, 0.3) is 10.0 Å². The van der Waals surface area contributed by atoms with E-state index in [0.29, 0.717) is 41.8 Å². The molecule has 1 aliphatic rings. The summed E-state index contributed by atoms with van der Waals surface area (Å²) >= 11 is 10.0. The van der Waals surface area contributed by atoms with E-state index >= 15 is 0 Å². The van der Waals surface area contributed by atoms with Gasteiger partial charge in [-0.2, -0.15) is 9.40 Å². The number of nitrogens with zero attached hydrogens (tertiary/aromatic N) is 5. The summed E-state index contributed by atoms with van der Waals surface area (Å²) in [7, 11) is -3.42. The molecule has 0 N–H and O–H groups in total. The molecule has 138 valence electrons. The highest BCUT2D eigenvalue weighted by Crippen LogP contribution is 2.28. The zero-order valence-corrected chi connectivity index (χ0v) is 17.7. The smallest absolute Gasteiger partial charge is 0.252 e. The van der Waals surface area contributed by atoms with E-state index in [4.69, 9.17) is 12.2 Å². The molecular weight excluding hydrogens is 458 g/mol. The molecule has 0 aromatic carbocycles. The molecule has 1 saturated heterocycles. The van der Waals surface area contributed by atoms with Crippen LogP contribution in [0.2, 0.25) is 0 Å². The Labute approximate surface area is 168 Å². The number of hydrogen-bond donors (Lipinski definition) is 0. The zero-order chi connectivity index (χ0) is 18.3. The Kier molecular flexibility index (Phi) is 5.01. The van der Waals surface area contributed by atoms with E-state index < -0.39 is 10.0 Å². The molecule has 0 bridgehead atoms. The lowest BCUT2D eigenvalue weighted by Gasteiger charge is -2.33. The van der Waals surface area contributed by atoms with Gasteiger partial charge < -0.3 is 0 Å². The first-order chi connectivity index (χ1) is 12.4. The number of fused-ring (bicyclic) bond motifs is 1. The number of pyridine rings is 1. The third-order valence-electron chi connectivity index (χ3n) is 4.30. The van der Waals surface area contributed by atoms with Crippen molar-refractivity contribution in [2.75, 3.05) is 26.2 Å². The van der Waals surface area contributed by atoms with Crippen LogP contribution in [0, 0.1) is 4.77 Å². The fourth-order valence-corrected chi connectivity index (χ4v) is 6.76. The van der Waals surface area contributed by atoms with E-state index in [1.807, 2.05) is 28.8 Å². The van der Waals surface area contributed by atoms with E-state index in [2.05, 4.69) is 25.9 Å². The predicted octanol–water partition coefficient (Wildman–Crippen LogP) is 2.65. The molecule has 0 unspecified atom stereocenters. The van der Waals surface area contributed by atoms with Crippen LogP contribution in [0.15, 0.2) is 44.5 Å². The van der Waals surface area contributed by atoms with Crippen molar-refractivity contribution in [3.8, 4) is 0 Å². The van der Waals surface area contributed by atoms with Crippen LogP contribution in [-0.4, -0.2) is 58.0 Å². The number of aromatic nitrogens is 3. The number of thiophene rings is 1. The summed E-state index contributed by atoms with van der Waals surface area (Å²) in [4.78, 5) is 2.17. The summed E-state index contributed by atoms with van der Waals surface area (Å²) in [6, 6.07) is 9.16. The molecule has 7 nitrogen and oxygen atoms in total. The molecule has 26 heavy (non-hydrogen) atoms. The summed E-state index contributed by atoms with van der Waals surface area (Å²) in [6.07, 6.45) is 1.89. The molecule has 4 heterocycles. The molecular formula is C15H16BrN5O2S3. The molecule has 0 aliphatic carbocycles. The van der Waals surface area contributed by atoms with E-state index in [0.717, 1.165) is 9.43 Å². The molecule has 0 radical (unpaired) electrons. The second kappa shape index (κ2) is 7.13. The van der Waals surface area contributed by atoms with Crippen molar-refractivity contribution < 1.29 is 8.42 Å². The fourth-order valence-electron chi connectivity index (χ4n) is 2.92. The number of rotatable bonds is 4. The van der Waals surface area contributed by atoms with Gasteiger partial charge in [0.05, 0.1) is 10.5 Å². The van der Waals surface area contributed by atoms with E-state index in [1.54, 1.807) is 21.1 Å². The van der Waals surface area contributed by atoms with Crippen molar-refractivity contribution in [3.05, 3.63) is 45.1 Å². The molecule has 0 saturated carbocycles. The standard InChI is InChI=1S/C15H16BrN5O2S3/c16-12-4-5-14(25-12)26(22,23)19-9-7-18(8-10-19)11-21-15(24)20-6-2-1-3-13(20)17-21/h1-6H,7-11H2. The highest BCUT2D eigenvalue weighted by Gasteiger charge is 2.29. The minimum absolute atomic E-state index is 0.375. The molecule has 1 fully saturated rings. The minimum atomic E-state index is -3.42. The second-order valence-corrected chi connectivity index (χ2v) is 10.9. The monoisotopic (exact) mass is 473 g/mol. The Hall–Kier alpha value is -1.11. The summed E-state index contributed by atoms with van der Waals surface area (Å²) in [5.74, 6) is 0. The molecule has 3 aromatic heterocycles. The van der Waals surface area contributed by atoms with Crippen LogP contribution >= 0.6 is 39.5 Å². The minimum Gasteiger partial charge on any atom is -0.282 e. The molecule has 1 aliphatic heterocycles. The van der Waals surface area contributed by atoms with Crippen molar-refractivity contribution in [2.45, 2.75) is 10.9 Å². The highest BCUT2D eigenvalue weighted by atomic mass is 79.9. The van der Waals surface area contributed by atoms with Crippen molar-refractivity contribution >= 4 is 55.2 Å².